The van der Waals surface area contributed by atoms with Crippen LogP contribution >= 0.6 is 0 Å². The summed E-state index contributed by atoms with van der Waals surface area (Å²) in [4.78, 5) is 11.4. The van der Waals surface area contributed by atoms with Gasteiger partial charge in [0.05, 0.1) is 5.56 Å². The Morgan fingerprint density at radius 3 is 3.00 bits per heavy atom. The van der Waals surface area contributed by atoms with Crippen LogP contribution in [-0.2, 0) is 9.47 Å². The van der Waals surface area contributed by atoms with Crippen LogP contribution in [0.1, 0.15) is 34.7 Å². The van der Waals surface area contributed by atoms with Crippen molar-refractivity contribution in [3.05, 3.63) is 34.9 Å². The van der Waals surface area contributed by atoms with Crippen molar-refractivity contribution in [2.75, 3.05) is 6.61 Å². The highest BCUT2D eigenvalue weighted by molar-refractivity contribution is 5.94. The largest absolute Gasteiger partial charge is 0.428 e. The van der Waals surface area contributed by atoms with Gasteiger partial charge >= 0.3 is 5.97 Å². The summed E-state index contributed by atoms with van der Waals surface area (Å²) in [5, 5.41) is 0. The standard InChI is InChI=1S/C11H12O3/c1-3-13-11-9-7(2)5-4-6-8(9)10(12)14-11/h4-6,11H,3H2,1-2H3. The Bertz CT molecular complexity index is 371. The van der Waals surface area contributed by atoms with Crippen molar-refractivity contribution in [3.63, 3.8) is 0 Å². The van der Waals surface area contributed by atoms with Crippen LogP contribution in [0.3, 0.4) is 0 Å². The first-order valence-electron chi connectivity index (χ1n) is 4.66. The maximum Gasteiger partial charge on any atom is 0.341 e. The van der Waals surface area contributed by atoms with Crippen molar-refractivity contribution in [1.82, 2.24) is 0 Å². The van der Waals surface area contributed by atoms with E-state index < -0.39 is 6.29 Å². The molecule has 0 amide bonds. The normalized spacial score (nSPS) is 19.3. The van der Waals surface area contributed by atoms with Gasteiger partial charge in [0.25, 0.3) is 0 Å². The Hall–Kier alpha value is -1.35. The van der Waals surface area contributed by atoms with Gasteiger partial charge in [-0.05, 0) is 25.5 Å². The van der Waals surface area contributed by atoms with E-state index in [0.29, 0.717) is 12.2 Å². The van der Waals surface area contributed by atoms with Gasteiger partial charge in [-0.15, -0.1) is 0 Å². The van der Waals surface area contributed by atoms with E-state index in [0.717, 1.165) is 11.1 Å². The third kappa shape index (κ3) is 1.30. The zero-order chi connectivity index (χ0) is 10.1. The van der Waals surface area contributed by atoms with E-state index in [1.165, 1.54) is 0 Å². The molecular weight excluding hydrogens is 180 g/mol. The zero-order valence-corrected chi connectivity index (χ0v) is 8.24. The first kappa shape index (κ1) is 9.21. The number of hydrogen-bond donors (Lipinski definition) is 0. The van der Waals surface area contributed by atoms with E-state index >= 15 is 0 Å². The molecule has 0 saturated carbocycles. The van der Waals surface area contributed by atoms with Crippen LogP contribution in [0.15, 0.2) is 18.2 Å². The van der Waals surface area contributed by atoms with Gasteiger partial charge in [0.2, 0.25) is 6.29 Å². The fourth-order valence-corrected chi connectivity index (χ4v) is 1.66. The van der Waals surface area contributed by atoms with Crippen LogP contribution in [0.5, 0.6) is 0 Å². The minimum Gasteiger partial charge on any atom is -0.428 e. The molecule has 1 aromatic rings. The van der Waals surface area contributed by atoms with Gasteiger partial charge in [0.1, 0.15) is 0 Å². The fourth-order valence-electron chi connectivity index (χ4n) is 1.66. The minimum absolute atomic E-state index is 0.290. The Kier molecular flexibility index (Phi) is 2.25. The number of fused-ring (bicyclic) bond motifs is 1. The molecule has 1 unspecified atom stereocenters. The molecule has 74 valence electrons. The number of ether oxygens (including phenoxy) is 2. The highest BCUT2D eigenvalue weighted by Gasteiger charge is 2.32. The first-order chi connectivity index (χ1) is 6.74. The van der Waals surface area contributed by atoms with Crippen molar-refractivity contribution < 1.29 is 14.3 Å². The lowest BCUT2D eigenvalue weighted by Crippen LogP contribution is -2.04. The number of esters is 1. The second-order valence-electron chi connectivity index (χ2n) is 3.23. The zero-order valence-electron chi connectivity index (χ0n) is 8.24. The maximum absolute atomic E-state index is 11.4. The number of hydrogen-bond acceptors (Lipinski definition) is 3. The fraction of sp³-hybridized carbons (Fsp3) is 0.364. The van der Waals surface area contributed by atoms with Crippen LogP contribution in [0.4, 0.5) is 0 Å². The van der Waals surface area contributed by atoms with Gasteiger partial charge in [0.15, 0.2) is 0 Å². The molecule has 0 saturated heterocycles. The van der Waals surface area contributed by atoms with Gasteiger partial charge in [-0.25, -0.2) is 4.79 Å². The second-order valence-corrected chi connectivity index (χ2v) is 3.23. The van der Waals surface area contributed by atoms with E-state index in [1.54, 1.807) is 6.07 Å². The molecule has 14 heavy (non-hydrogen) atoms. The number of carbonyl (C=O) groups excluding carboxylic acids is 1. The predicted octanol–water partition coefficient (Wildman–Crippen LogP) is 2.20. The smallest absolute Gasteiger partial charge is 0.341 e. The van der Waals surface area contributed by atoms with Crippen LogP contribution in [0, 0.1) is 6.92 Å². The lowest BCUT2D eigenvalue weighted by Gasteiger charge is -2.11. The van der Waals surface area contributed by atoms with Crippen molar-refractivity contribution in [3.8, 4) is 0 Å². The van der Waals surface area contributed by atoms with E-state index in [9.17, 15) is 4.79 Å². The molecule has 0 fully saturated rings. The van der Waals surface area contributed by atoms with Gasteiger partial charge in [-0.3, -0.25) is 0 Å². The summed E-state index contributed by atoms with van der Waals surface area (Å²) in [6.07, 6.45) is -0.510. The van der Waals surface area contributed by atoms with Crippen LogP contribution in [-0.4, -0.2) is 12.6 Å². The molecule has 0 bridgehead atoms. The third-order valence-corrected chi connectivity index (χ3v) is 2.31. The van der Waals surface area contributed by atoms with Crippen molar-refractivity contribution >= 4 is 5.97 Å². The molecule has 1 aliphatic rings. The SMILES string of the molecule is CCOC1OC(=O)c2cccc(C)c21. The summed E-state index contributed by atoms with van der Waals surface area (Å²) in [6.45, 7) is 4.36. The summed E-state index contributed by atoms with van der Waals surface area (Å²) in [7, 11) is 0. The van der Waals surface area contributed by atoms with Crippen molar-refractivity contribution in [1.29, 1.82) is 0 Å². The van der Waals surface area contributed by atoms with E-state index in [-0.39, 0.29) is 5.97 Å². The maximum atomic E-state index is 11.4. The van der Waals surface area contributed by atoms with E-state index in [2.05, 4.69) is 0 Å². The number of aryl methyl sites for hydroxylation is 1. The van der Waals surface area contributed by atoms with Crippen LogP contribution in [0.25, 0.3) is 0 Å². The average Bonchev–Trinajstić information content (AvgIpc) is 2.46. The first-order valence-corrected chi connectivity index (χ1v) is 4.66. The highest BCUT2D eigenvalue weighted by atomic mass is 16.7. The molecule has 3 nitrogen and oxygen atoms in total. The Labute approximate surface area is 82.6 Å². The van der Waals surface area contributed by atoms with E-state index in [1.807, 2.05) is 26.0 Å². The summed E-state index contributed by atoms with van der Waals surface area (Å²) in [6, 6.07) is 5.57. The third-order valence-electron chi connectivity index (χ3n) is 2.31. The van der Waals surface area contributed by atoms with E-state index in [4.69, 9.17) is 9.47 Å². The molecule has 3 heteroatoms. The second kappa shape index (κ2) is 3.42. The Balaban J connectivity index is 2.45. The van der Waals surface area contributed by atoms with Crippen molar-refractivity contribution in [2.24, 2.45) is 0 Å². The summed E-state index contributed by atoms with van der Waals surface area (Å²) < 4.78 is 10.4. The number of carbonyl (C=O) groups is 1. The summed E-state index contributed by atoms with van der Waals surface area (Å²) in [5.74, 6) is -0.290. The molecule has 0 aliphatic carbocycles. The summed E-state index contributed by atoms with van der Waals surface area (Å²) in [5.41, 5.74) is 2.54. The number of rotatable bonds is 2. The molecule has 1 atom stereocenters. The topological polar surface area (TPSA) is 35.5 Å². The van der Waals surface area contributed by atoms with Crippen molar-refractivity contribution in [2.45, 2.75) is 20.1 Å². The summed E-state index contributed by atoms with van der Waals surface area (Å²) >= 11 is 0. The predicted molar refractivity (Wildman–Crippen MR) is 51.0 cm³/mol. The van der Waals surface area contributed by atoms with Crippen LogP contribution in [0.2, 0.25) is 0 Å². The molecule has 1 aliphatic heterocycles. The van der Waals surface area contributed by atoms with Crippen LogP contribution < -0.4 is 0 Å². The van der Waals surface area contributed by atoms with Gasteiger partial charge in [-0.2, -0.15) is 0 Å². The molecular formula is C11H12O3. The molecule has 0 spiro atoms. The van der Waals surface area contributed by atoms with Gasteiger partial charge in [0, 0.05) is 12.2 Å². The molecule has 2 rings (SSSR count). The molecule has 0 aromatic heterocycles. The number of benzene rings is 1. The van der Waals surface area contributed by atoms with Gasteiger partial charge < -0.3 is 9.47 Å². The van der Waals surface area contributed by atoms with Gasteiger partial charge in [-0.1, -0.05) is 12.1 Å². The molecule has 1 heterocycles. The Morgan fingerprint density at radius 1 is 1.50 bits per heavy atom. The molecule has 0 N–H and O–H groups in total. The average molecular weight is 192 g/mol. The lowest BCUT2D eigenvalue weighted by molar-refractivity contribution is -0.0995. The Morgan fingerprint density at radius 2 is 2.29 bits per heavy atom. The quantitative estimate of drug-likeness (QED) is 0.674. The monoisotopic (exact) mass is 192 g/mol. The minimum atomic E-state index is -0.510. The molecule has 0 radical (unpaired) electrons. The molecule has 1 aromatic carbocycles. The highest BCUT2D eigenvalue weighted by Crippen LogP contribution is 2.33. The number of cyclic esters (lactones) is 1. The lowest BCUT2D eigenvalue weighted by atomic mass is 10.0.